The molecule has 30 heavy (non-hydrogen) atoms. The van der Waals surface area contributed by atoms with Crippen molar-refractivity contribution in [1.29, 1.82) is 0 Å². The number of nitrogens with one attached hydrogen (secondary N) is 2. The fourth-order valence-electron chi connectivity index (χ4n) is 3.33. The predicted octanol–water partition coefficient (Wildman–Crippen LogP) is 4.35. The van der Waals surface area contributed by atoms with Gasteiger partial charge in [0.25, 0.3) is 5.91 Å². The number of hydrogen-bond donors (Lipinski definition) is 3. The number of carbonyl (C=O) groups excluding carboxylic acids is 1. The van der Waals surface area contributed by atoms with Gasteiger partial charge in [-0.1, -0.05) is 18.2 Å². The molecule has 7 nitrogen and oxygen atoms in total. The maximum Gasteiger partial charge on any atom is 0.250 e. The van der Waals surface area contributed by atoms with E-state index in [-0.39, 0.29) is 6.04 Å². The van der Waals surface area contributed by atoms with Gasteiger partial charge in [0.2, 0.25) is 0 Å². The van der Waals surface area contributed by atoms with Gasteiger partial charge in [-0.15, -0.1) is 0 Å². The Labute approximate surface area is 174 Å². The predicted molar refractivity (Wildman–Crippen MR) is 119 cm³/mol. The van der Waals surface area contributed by atoms with Crippen LogP contribution in [0.4, 0.5) is 17.3 Å². The third-order valence-electron chi connectivity index (χ3n) is 4.86. The number of nitrogens with zero attached hydrogens (tertiary/aromatic N) is 3. The number of nitrogens with two attached hydrogens (primary N) is 1. The van der Waals surface area contributed by atoms with Gasteiger partial charge >= 0.3 is 0 Å². The summed E-state index contributed by atoms with van der Waals surface area (Å²) >= 11 is 0. The van der Waals surface area contributed by atoms with Gasteiger partial charge < -0.3 is 16.4 Å². The van der Waals surface area contributed by atoms with Gasteiger partial charge in [-0.3, -0.25) is 4.79 Å². The third-order valence-corrected chi connectivity index (χ3v) is 4.86. The molecule has 0 radical (unpaired) electrons. The van der Waals surface area contributed by atoms with Crippen molar-refractivity contribution >= 4 is 34.1 Å². The van der Waals surface area contributed by atoms with Gasteiger partial charge in [-0.2, -0.15) is 0 Å². The number of anilines is 3. The van der Waals surface area contributed by atoms with Gasteiger partial charge in [0.1, 0.15) is 18.0 Å². The van der Waals surface area contributed by atoms with Crippen molar-refractivity contribution in [2.45, 2.75) is 19.9 Å². The monoisotopic (exact) mass is 398 g/mol. The number of amides is 1. The summed E-state index contributed by atoms with van der Waals surface area (Å²) in [6, 6.07) is 17.4. The van der Waals surface area contributed by atoms with Crippen molar-refractivity contribution in [2.75, 3.05) is 10.6 Å². The number of primary amides is 1. The van der Waals surface area contributed by atoms with Crippen LogP contribution in [-0.4, -0.2) is 20.9 Å². The highest BCUT2D eigenvalue weighted by atomic mass is 16.1. The summed E-state index contributed by atoms with van der Waals surface area (Å²) in [4.78, 5) is 24.7. The number of benzene rings is 2. The molecule has 4 aromatic rings. The number of aromatic nitrogens is 3. The molecule has 1 amide bonds. The molecule has 1 atom stereocenters. The Bertz CT molecular complexity index is 1220. The van der Waals surface area contributed by atoms with Crippen molar-refractivity contribution in [1.82, 2.24) is 15.0 Å². The van der Waals surface area contributed by atoms with E-state index in [4.69, 9.17) is 5.73 Å². The molecule has 4 N–H and O–H groups in total. The average Bonchev–Trinajstić information content (AvgIpc) is 2.73. The minimum Gasteiger partial charge on any atom is -0.366 e. The molecule has 2 aromatic carbocycles. The van der Waals surface area contributed by atoms with E-state index in [2.05, 4.69) is 38.6 Å². The van der Waals surface area contributed by atoms with Gasteiger partial charge in [-0.25, -0.2) is 15.0 Å². The van der Waals surface area contributed by atoms with Gasteiger partial charge in [-0.05, 0) is 61.4 Å². The Kier molecular flexibility index (Phi) is 5.26. The van der Waals surface area contributed by atoms with E-state index in [0.717, 1.165) is 28.0 Å². The SMILES string of the molecule is Cc1ccnc(Nc2cccc(C(C)Nc3ncnc4c(C(N)=O)cccc34)c2)c1. The zero-order valence-corrected chi connectivity index (χ0v) is 16.8. The van der Waals surface area contributed by atoms with E-state index >= 15 is 0 Å². The van der Waals surface area contributed by atoms with Crippen LogP contribution in [0, 0.1) is 6.92 Å². The maximum absolute atomic E-state index is 11.7. The zero-order valence-electron chi connectivity index (χ0n) is 16.8. The first-order valence-electron chi connectivity index (χ1n) is 9.61. The molecule has 0 spiro atoms. The molecule has 0 bridgehead atoms. The van der Waals surface area contributed by atoms with Crippen molar-refractivity contribution in [3.05, 3.63) is 83.8 Å². The molecular weight excluding hydrogens is 376 g/mol. The van der Waals surface area contributed by atoms with Crippen LogP contribution in [0.5, 0.6) is 0 Å². The first-order chi connectivity index (χ1) is 14.5. The standard InChI is InChI=1S/C23H22N6O/c1-14-9-10-25-20(11-14)29-17-6-3-5-16(12-17)15(2)28-23-19-8-4-7-18(22(24)30)21(19)26-13-27-23/h3-13,15H,1-2H3,(H2,24,30)(H,25,29)(H,26,27,28). The number of aryl methyl sites for hydroxylation is 1. The number of carbonyl (C=O) groups is 1. The van der Waals surface area contributed by atoms with Crippen LogP contribution in [0.3, 0.4) is 0 Å². The molecule has 1 unspecified atom stereocenters. The van der Waals surface area contributed by atoms with E-state index in [1.165, 1.54) is 6.33 Å². The topological polar surface area (TPSA) is 106 Å². The van der Waals surface area contributed by atoms with E-state index in [1.807, 2.05) is 43.3 Å². The quantitative estimate of drug-likeness (QED) is 0.446. The number of rotatable bonds is 6. The number of hydrogen-bond acceptors (Lipinski definition) is 6. The lowest BCUT2D eigenvalue weighted by molar-refractivity contribution is 0.100. The molecular formula is C23H22N6O. The summed E-state index contributed by atoms with van der Waals surface area (Å²) < 4.78 is 0. The molecule has 2 aromatic heterocycles. The lowest BCUT2D eigenvalue weighted by Crippen LogP contribution is -2.13. The highest BCUT2D eigenvalue weighted by Crippen LogP contribution is 2.27. The largest absolute Gasteiger partial charge is 0.366 e. The van der Waals surface area contributed by atoms with Crippen molar-refractivity contribution in [3.63, 3.8) is 0 Å². The smallest absolute Gasteiger partial charge is 0.250 e. The third kappa shape index (κ3) is 4.05. The van der Waals surface area contributed by atoms with Crippen molar-refractivity contribution < 1.29 is 4.79 Å². The lowest BCUT2D eigenvalue weighted by Gasteiger charge is -2.17. The summed E-state index contributed by atoms with van der Waals surface area (Å²) in [6.07, 6.45) is 3.22. The second-order valence-electron chi connectivity index (χ2n) is 7.12. The molecule has 0 aliphatic heterocycles. The molecule has 7 heteroatoms. The van der Waals surface area contributed by atoms with Crippen molar-refractivity contribution in [3.8, 4) is 0 Å². The van der Waals surface area contributed by atoms with E-state index in [0.29, 0.717) is 16.9 Å². The van der Waals surface area contributed by atoms with Crippen LogP contribution in [0.2, 0.25) is 0 Å². The first-order valence-corrected chi connectivity index (χ1v) is 9.61. The van der Waals surface area contributed by atoms with Crippen LogP contribution in [-0.2, 0) is 0 Å². The summed E-state index contributed by atoms with van der Waals surface area (Å²) in [5.41, 5.74) is 9.56. The minimum atomic E-state index is -0.512. The number of pyridine rings is 1. The highest BCUT2D eigenvalue weighted by Gasteiger charge is 2.13. The summed E-state index contributed by atoms with van der Waals surface area (Å²) in [5, 5.41) is 7.51. The first kappa shape index (κ1) is 19.3. The maximum atomic E-state index is 11.7. The Morgan fingerprint density at radius 3 is 2.67 bits per heavy atom. The molecule has 4 rings (SSSR count). The van der Waals surface area contributed by atoms with Gasteiger partial charge in [0, 0.05) is 17.3 Å². The molecule has 150 valence electrons. The van der Waals surface area contributed by atoms with E-state index in [1.54, 1.807) is 18.3 Å². The fourth-order valence-corrected chi connectivity index (χ4v) is 3.33. The van der Waals surface area contributed by atoms with Crippen LogP contribution in [0.25, 0.3) is 10.9 Å². The second-order valence-corrected chi connectivity index (χ2v) is 7.12. The Hall–Kier alpha value is -4.00. The van der Waals surface area contributed by atoms with Crippen molar-refractivity contribution in [2.24, 2.45) is 5.73 Å². The number of para-hydroxylation sites is 1. The van der Waals surface area contributed by atoms with Gasteiger partial charge in [0.05, 0.1) is 17.1 Å². The van der Waals surface area contributed by atoms with E-state index < -0.39 is 5.91 Å². The minimum absolute atomic E-state index is 0.0347. The number of fused-ring (bicyclic) bond motifs is 1. The Morgan fingerprint density at radius 1 is 1.03 bits per heavy atom. The van der Waals surface area contributed by atoms with Crippen LogP contribution in [0.1, 0.15) is 34.5 Å². The van der Waals surface area contributed by atoms with Crippen LogP contribution < -0.4 is 16.4 Å². The van der Waals surface area contributed by atoms with Crippen LogP contribution in [0.15, 0.2) is 67.1 Å². The molecule has 0 saturated carbocycles. The zero-order chi connectivity index (χ0) is 21.1. The Balaban J connectivity index is 1.59. The molecule has 0 aliphatic carbocycles. The summed E-state index contributed by atoms with van der Waals surface area (Å²) in [7, 11) is 0. The highest BCUT2D eigenvalue weighted by molar-refractivity contribution is 6.06. The molecule has 2 heterocycles. The molecule has 0 fully saturated rings. The fraction of sp³-hybridized carbons (Fsp3) is 0.130. The summed E-state index contributed by atoms with van der Waals surface area (Å²) in [5.74, 6) is 0.935. The van der Waals surface area contributed by atoms with E-state index in [9.17, 15) is 4.79 Å². The summed E-state index contributed by atoms with van der Waals surface area (Å²) in [6.45, 7) is 4.08. The van der Waals surface area contributed by atoms with Gasteiger partial charge in [0.15, 0.2) is 0 Å². The Morgan fingerprint density at radius 2 is 1.87 bits per heavy atom. The molecule has 0 saturated heterocycles. The molecule has 0 aliphatic rings. The lowest BCUT2D eigenvalue weighted by atomic mass is 10.1. The normalized spacial score (nSPS) is 11.8. The second kappa shape index (κ2) is 8.16. The average molecular weight is 398 g/mol. The van der Waals surface area contributed by atoms with Crippen LogP contribution >= 0.6 is 0 Å².